The molecule has 0 N–H and O–H groups in total. The molecule has 2 aromatic carbocycles. The van der Waals surface area contributed by atoms with Crippen molar-refractivity contribution < 1.29 is 14.3 Å². The molecule has 1 aliphatic rings. The molecule has 0 radical (unpaired) electrons. The zero-order valence-electron chi connectivity index (χ0n) is 15.5. The van der Waals surface area contributed by atoms with Gasteiger partial charge in [-0.05, 0) is 30.9 Å². The molecule has 0 unspecified atom stereocenters. The topological polar surface area (TPSA) is 46.6 Å². The number of hydrogen-bond donors (Lipinski definition) is 0. The molecule has 4 nitrogen and oxygen atoms in total. The average molecular weight is 363 g/mol. The maximum absolute atomic E-state index is 12.7. The maximum atomic E-state index is 12.7. The van der Waals surface area contributed by atoms with E-state index in [2.05, 4.69) is 6.58 Å². The third-order valence-corrected chi connectivity index (χ3v) is 4.92. The maximum Gasteiger partial charge on any atom is 0.253 e. The summed E-state index contributed by atoms with van der Waals surface area (Å²) in [7, 11) is 0. The Bertz CT molecular complexity index is 775. The smallest absolute Gasteiger partial charge is 0.253 e. The Morgan fingerprint density at radius 1 is 0.963 bits per heavy atom. The number of nitrogens with zero attached hydrogens (tertiary/aromatic N) is 1. The van der Waals surface area contributed by atoms with Crippen LogP contribution in [0, 0.1) is 5.92 Å². The zero-order valence-corrected chi connectivity index (χ0v) is 15.5. The highest BCUT2D eigenvalue weighted by atomic mass is 16.5. The number of benzene rings is 2. The first-order chi connectivity index (χ1) is 13.2. The van der Waals surface area contributed by atoms with Gasteiger partial charge in [-0.2, -0.15) is 0 Å². The fourth-order valence-corrected chi connectivity index (χ4v) is 3.32. The number of rotatable bonds is 7. The van der Waals surface area contributed by atoms with E-state index in [0.29, 0.717) is 29.2 Å². The van der Waals surface area contributed by atoms with Crippen molar-refractivity contribution in [1.29, 1.82) is 0 Å². The van der Waals surface area contributed by atoms with Crippen molar-refractivity contribution in [2.45, 2.75) is 12.8 Å². The zero-order chi connectivity index (χ0) is 19.1. The van der Waals surface area contributed by atoms with Crippen LogP contribution in [0.3, 0.4) is 0 Å². The van der Waals surface area contributed by atoms with Gasteiger partial charge in [-0.25, -0.2) is 0 Å². The molecule has 1 heterocycles. The molecule has 140 valence electrons. The van der Waals surface area contributed by atoms with Crippen LogP contribution in [0.15, 0.2) is 67.3 Å². The van der Waals surface area contributed by atoms with Gasteiger partial charge in [0.25, 0.3) is 5.91 Å². The van der Waals surface area contributed by atoms with E-state index < -0.39 is 0 Å². The van der Waals surface area contributed by atoms with Crippen LogP contribution < -0.4 is 0 Å². The Balaban J connectivity index is 1.57. The van der Waals surface area contributed by atoms with E-state index in [0.717, 1.165) is 32.5 Å². The molecular weight excluding hydrogens is 338 g/mol. The van der Waals surface area contributed by atoms with Crippen molar-refractivity contribution >= 4 is 11.7 Å². The summed E-state index contributed by atoms with van der Waals surface area (Å²) in [5.41, 5.74) is 1.87. The number of piperidine rings is 1. The molecule has 0 aliphatic carbocycles. The van der Waals surface area contributed by atoms with Gasteiger partial charge in [-0.15, -0.1) is 6.58 Å². The summed E-state index contributed by atoms with van der Waals surface area (Å²) >= 11 is 0. The van der Waals surface area contributed by atoms with Gasteiger partial charge in [0.05, 0.1) is 6.61 Å². The first kappa shape index (κ1) is 19.1. The standard InChI is InChI=1S/C23H25NO3/c1-2-16-27-17-18-12-14-24(15-13-18)23(26)21-10-8-20(9-11-21)22(25)19-6-4-3-5-7-19/h2-11,18H,1,12-17H2. The number of ketones is 1. The molecule has 0 atom stereocenters. The van der Waals surface area contributed by atoms with Crippen molar-refractivity contribution in [3.63, 3.8) is 0 Å². The summed E-state index contributed by atoms with van der Waals surface area (Å²) in [6, 6.07) is 16.1. The summed E-state index contributed by atoms with van der Waals surface area (Å²) < 4.78 is 5.52. The third kappa shape index (κ3) is 4.92. The molecule has 4 heteroatoms. The molecule has 1 amide bonds. The lowest BCUT2D eigenvalue weighted by molar-refractivity contribution is 0.0575. The van der Waals surface area contributed by atoms with E-state index >= 15 is 0 Å². The highest BCUT2D eigenvalue weighted by molar-refractivity contribution is 6.09. The molecule has 1 fully saturated rings. The molecule has 0 saturated carbocycles. The number of likely N-dealkylation sites (tertiary alicyclic amines) is 1. The molecular formula is C23H25NO3. The van der Waals surface area contributed by atoms with Gasteiger partial charge >= 0.3 is 0 Å². The summed E-state index contributed by atoms with van der Waals surface area (Å²) in [4.78, 5) is 27.1. The fourth-order valence-electron chi connectivity index (χ4n) is 3.32. The third-order valence-electron chi connectivity index (χ3n) is 4.92. The summed E-state index contributed by atoms with van der Waals surface area (Å²) in [5.74, 6) is 0.494. The van der Waals surface area contributed by atoms with Gasteiger partial charge in [0.2, 0.25) is 0 Å². The summed E-state index contributed by atoms with van der Waals surface area (Å²) in [6.07, 6.45) is 3.66. The molecule has 0 aromatic heterocycles. The number of carbonyl (C=O) groups is 2. The van der Waals surface area contributed by atoms with Crippen molar-refractivity contribution in [3.8, 4) is 0 Å². The lowest BCUT2D eigenvalue weighted by Crippen LogP contribution is -2.39. The van der Waals surface area contributed by atoms with Crippen LogP contribution in [0.1, 0.15) is 39.1 Å². The van der Waals surface area contributed by atoms with Crippen LogP contribution in [0.5, 0.6) is 0 Å². The largest absolute Gasteiger partial charge is 0.377 e. The van der Waals surface area contributed by atoms with Gasteiger partial charge in [-0.1, -0.05) is 48.5 Å². The Labute approximate surface area is 160 Å². The lowest BCUT2D eigenvalue weighted by Gasteiger charge is -2.32. The van der Waals surface area contributed by atoms with Crippen LogP contribution >= 0.6 is 0 Å². The van der Waals surface area contributed by atoms with Gasteiger partial charge in [0.15, 0.2) is 5.78 Å². The molecule has 0 bridgehead atoms. The summed E-state index contributed by atoms with van der Waals surface area (Å²) in [6.45, 7) is 6.43. The first-order valence-corrected chi connectivity index (χ1v) is 9.36. The van der Waals surface area contributed by atoms with Crippen LogP contribution in [-0.2, 0) is 4.74 Å². The predicted octanol–water partition coefficient (Wildman–Crippen LogP) is 3.97. The Kier molecular flexibility index (Phi) is 6.55. The minimum absolute atomic E-state index is 0.0270. The number of carbonyl (C=O) groups excluding carboxylic acids is 2. The van der Waals surface area contributed by atoms with Gasteiger partial charge in [0.1, 0.15) is 0 Å². The Morgan fingerprint density at radius 2 is 1.56 bits per heavy atom. The van der Waals surface area contributed by atoms with Crippen molar-refractivity contribution in [2.24, 2.45) is 5.92 Å². The average Bonchev–Trinajstić information content (AvgIpc) is 2.74. The second kappa shape index (κ2) is 9.28. The second-order valence-electron chi connectivity index (χ2n) is 6.83. The van der Waals surface area contributed by atoms with Crippen molar-refractivity contribution in [1.82, 2.24) is 4.90 Å². The minimum Gasteiger partial charge on any atom is -0.377 e. The molecule has 27 heavy (non-hydrogen) atoms. The van der Waals surface area contributed by atoms with E-state index in [1.165, 1.54) is 0 Å². The molecule has 1 aliphatic heterocycles. The lowest BCUT2D eigenvalue weighted by atomic mass is 9.97. The predicted molar refractivity (Wildman–Crippen MR) is 106 cm³/mol. The Morgan fingerprint density at radius 3 is 2.19 bits per heavy atom. The van der Waals surface area contributed by atoms with Crippen molar-refractivity contribution in [2.75, 3.05) is 26.3 Å². The van der Waals surface area contributed by atoms with Crippen LogP contribution in [0.25, 0.3) is 0 Å². The van der Waals surface area contributed by atoms with Gasteiger partial charge in [0, 0.05) is 36.4 Å². The minimum atomic E-state index is -0.0325. The van der Waals surface area contributed by atoms with Crippen LogP contribution in [-0.4, -0.2) is 42.9 Å². The number of ether oxygens (including phenoxy) is 1. The van der Waals surface area contributed by atoms with Crippen LogP contribution in [0.2, 0.25) is 0 Å². The molecule has 2 aromatic rings. The molecule has 3 rings (SSSR count). The van der Waals surface area contributed by atoms with Gasteiger partial charge < -0.3 is 9.64 Å². The normalized spacial score (nSPS) is 14.7. The Hall–Kier alpha value is -2.72. The quantitative estimate of drug-likeness (QED) is 0.425. The van der Waals surface area contributed by atoms with Gasteiger partial charge in [-0.3, -0.25) is 9.59 Å². The highest BCUT2D eigenvalue weighted by Crippen LogP contribution is 2.20. The number of hydrogen-bond acceptors (Lipinski definition) is 3. The van der Waals surface area contributed by atoms with E-state index in [1.807, 2.05) is 23.1 Å². The first-order valence-electron chi connectivity index (χ1n) is 9.36. The second-order valence-corrected chi connectivity index (χ2v) is 6.83. The SMILES string of the molecule is C=CCOCC1CCN(C(=O)c2ccc(C(=O)c3ccccc3)cc2)CC1. The van der Waals surface area contributed by atoms with Crippen LogP contribution in [0.4, 0.5) is 0 Å². The van der Waals surface area contributed by atoms with E-state index in [9.17, 15) is 9.59 Å². The molecule has 1 saturated heterocycles. The monoisotopic (exact) mass is 363 g/mol. The van der Waals surface area contributed by atoms with E-state index in [1.54, 1.807) is 42.5 Å². The molecule has 0 spiro atoms. The fraction of sp³-hybridized carbons (Fsp3) is 0.304. The number of amides is 1. The highest BCUT2D eigenvalue weighted by Gasteiger charge is 2.23. The van der Waals surface area contributed by atoms with E-state index in [-0.39, 0.29) is 11.7 Å². The van der Waals surface area contributed by atoms with Crippen molar-refractivity contribution in [3.05, 3.63) is 83.9 Å². The summed E-state index contributed by atoms with van der Waals surface area (Å²) in [5, 5.41) is 0. The van der Waals surface area contributed by atoms with E-state index in [4.69, 9.17) is 4.74 Å².